The van der Waals surface area contributed by atoms with Gasteiger partial charge in [0.15, 0.2) is 0 Å². The fourth-order valence-corrected chi connectivity index (χ4v) is 5.08. The van der Waals surface area contributed by atoms with Crippen molar-refractivity contribution in [1.82, 2.24) is 14.1 Å². The lowest BCUT2D eigenvalue weighted by atomic mass is 9.87. The van der Waals surface area contributed by atoms with E-state index in [2.05, 4.69) is 5.10 Å². The normalized spacial score (nSPS) is 30.2. The van der Waals surface area contributed by atoms with Crippen molar-refractivity contribution >= 4 is 10.0 Å². The topological polar surface area (TPSA) is 84.7 Å². The summed E-state index contributed by atoms with van der Waals surface area (Å²) in [6.45, 7) is 5.40. The third-order valence-corrected chi connectivity index (χ3v) is 6.85. The molecule has 0 aliphatic carbocycles. The molecule has 0 aromatic carbocycles. The van der Waals surface area contributed by atoms with Gasteiger partial charge in [0.1, 0.15) is 4.90 Å². The van der Waals surface area contributed by atoms with E-state index in [-0.39, 0.29) is 11.4 Å². The number of rotatable bonds is 3. The van der Waals surface area contributed by atoms with Crippen LogP contribution in [0.3, 0.4) is 0 Å². The largest absolute Gasteiger partial charge is 0.389 e. The maximum atomic E-state index is 12.8. The zero-order chi connectivity index (χ0) is 16.0. The molecule has 2 atom stereocenters. The van der Waals surface area contributed by atoms with Gasteiger partial charge in [0.25, 0.3) is 0 Å². The first-order chi connectivity index (χ1) is 10.4. The molecule has 0 amide bonds. The SMILES string of the molecule is CCn1ncc(S(=O)(=O)N2CC[C@@]3(CCCO3)[C@@H](O)C2)c1C. The van der Waals surface area contributed by atoms with Crippen LogP contribution in [0.25, 0.3) is 0 Å². The zero-order valence-corrected chi connectivity index (χ0v) is 13.8. The van der Waals surface area contributed by atoms with Crippen LogP contribution in [0.2, 0.25) is 0 Å². The predicted octanol–water partition coefficient (Wildman–Crippen LogP) is 0.516. The first kappa shape index (κ1) is 15.9. The third-order valence-electron chi connectivity index (χ3n) is 4.88. The van der Waals surface area contributed by atoms with Crippen molar-refractivity contribution in [3.05, 3.63) is 11.9 Å². The molecule has 0 saturated carbocycles. The van der Waals surface area contributed by atoms with Gasteiger partial charge in [-0.1, -0.05) is 0 Å². The van der Waals surface area contributed by atoms with Gasteiger partial charge >= 0.3 is 0 Å². The van der Waals surface area contributed by atoms with Crippen LogP contribution in [0.5, 0.6) is 0 Å². The Morgan fingerprint density at radius 3 is 2.82 bits per heavy atom. The fourth-order valence-electron chi connectivity index (χ4n) is 3.47. The molecule has 2 aliphatic heterocycles. The van der Waals surface area contributed by atoms with Gasteiger partial charge in [-0.05, 0) is 33.1 Å². The summed E-state index contributed by atoms with van der Waals surface area (Å²) in [4.78, 5) is 0.227. The summed E-state index contributed by atoms with van der Waals surface area (Å²) in [5.41, 5.74) is 0.0867. The number of sulfonamides is 1. The van der Waals surface area contributed by atoms with Gasteiger partial charge in [-0.25, -0.2) is 8.42 Å². The van der Waals surface area contributed by atoms with Gasteiger partial charge in [-0.15, -0.1) is 0 Å². The Hall–Kier alpha value is -0.960. The average molecular weight is 329 g/mol. The summed E-state index contributed by atoms with van der Waals surface area (Å²) in [6, 6.07) is 0. The zero-order valence-electron chi connectivity index (χ0n) is 13.0. The second-order valence-corrected chi connectivity index (χ2v) is 7.96. The number of nitrogens with zero attached hydrogens (tertiary/aromatic N) is 3. The second kappa shape index (κ2) is 5.59. The molecule has 2 aliphatic rings. The molecule has 3 rings (SSSR count). The fraction of sp³-hybridized carbons (Fsp3) is 0.786. The van der Waals surface area contributed by atoms with Gasteiger partial charge in [0.2, 0.25) is 10.0 Å². The summed E-state index contributed by atoms with van der Waals surface area (Å²) in [5, 5.41) is 14.5. The number of aromatic nitrogens is 2. The van der Waals surface area contributed by atoms with Crippen molar-refractivity contribution in [3.8, 4) is 0 Å². The lowest BCUT2D eigenvalue weighted by Crippen LogP contribution is -2.56. The third kappa shape index (κ3) is 2.38. The Balaban J connectivity index is 1.83. The molecule has 2 fully saturated rings. The van der Waals surface area contributed by atoms with E-state index in [0.717, 1.165) is 12.8 Å². The van der Waals surface area contributed by atoms with Crippen molar-refractivity contribution < 1.29 is 18.3 Å². The molecule has 22 heavy (non-hydrogen) atoms. The highest BCUT2D eigenvalue weighted by Gasteiger charge is 2.48. The molecule has 1 spiro atoms. The molecular weight excluding hydrogens is 306 g/mol. The molecule has 3 heterocycles. The van der Waals surface area contributed by atoms with Crippen molar-refractivity contribution in [2.75, 3.05) is 19.7 Å². The van der Waals surface area contributed by atoms with E-state index in [1.807, 2.05) is 6.92 Å². The molecular formula is C14H23N3O4S. The molecule has 8 heteroatoms. The number of hydrogen-bond acceptors (Lipinski definition) is 5. The number of piperidine rings is 1. The Labute approximate surface area is 130 Å². The number of ether oxygens (including phenoxy) is 1. The molecule has 124 valence electrons. The highest BCUT2D eigenvalue weighted by atomic mass is 32.2. The number of hydrogen-bond donors (Lipinski definition) is 1. The number of aliphatic hydroxyl groups excluding tert-OH is 1. The maximum absolute atomic E-state index is 12.8. The van der Waals surface area contributed by atoms with Crippen LogP contribution in [-0.2, 0) is 21.3 Å². The van der Waals surface area contributed by atoms with Gasteiger partial charge in [-0.2, -0.15) is 9.40 Å². The maximum Gasteiger partial charge on any atom is 0.246 e. The van der Waals surface area contributed by atoms with E-state index in [4.69, 9.17) is 4.74 Å². The van der Waals surface area contributed by atoms with Crippen molar-refractivity contribution in [2.24, 2.45) is 0 Å². The molecule has 0 bridgehead atoms. The number of β-amino-alcohol motifs (C(OH)–C–C–N with tert-alkyl or cyclic N) is 1. The Kier molecular flexibility index (Phi) is 4.05. The van der Waals surface area contributed by atoms with Gasteiger partial charge in [0.05, 0.1) is 23.6 Å². The van der Waals surface area contributed by atoms with E-state index >= 15 is 0 Å². The predicted molar refractivity (Wildman–Crippen MR) is 79.9 cm³/mol. The minimum Gasteiger partial charge on any atom is -0.389 e. The lowest BCUT2D eigenvalue weighted by Gasteiger charge is -2.41. The minimum absolute atomic E-state index is 0.0824. The van der Waals surface area contributed by atoms with Gasteiger partial charge in [-0.3, -0.25) is 4.68 Å². The van der Waals surface area contributed by atoms with Crippen LogP contribution in [0.1, 0.15) is 31.9 Å². The molecule has 2 saturated heterocycles. The van der Waals surface area contributed by atoms with Crippen molar-refractivity contribution in [1.29, 1.82) is 0 Å². The molecule has 1 N–H and O–H groups in total. The van der Waals surface area contributed by atoms with E-state index in [1.54, 1.807) is 11.6 Å². The van der Waals surface area contributed by atoms with E-state index in [9.17, 15) is 13.5 Å². The second-order valence-electron chi connectivity index (χ2n) is 6.06. The van der Waals surface area contributed by atoms with Crippen LogP contribution >= 0.6 is 0 Å². The monoisotopic (exact) mass is 329 g/mol. The van der Waals surface area contributed by atoms with Crippen molar-refractivity contribution in [2.45, 2.75) is 56.3 Å². The Bertz CT molecular complexity index is 649. The molecule has 1 aromatic rings. The minimum atomic E-state index is -3.63. The first-order valence-electron chi connectivity index (χ1n) is 7.75. The standard InChI is InChI=1S/C14H23N3O4S/c1-3-17-11(2)12(9-15-17)22(19,20)16-7-6-14(13(18)10-16)5-4-8-21-14/h9,13,18H,3-8,10H2,1-2H3/t13-,14-/m0/s1. The molecule has 0 radical (unpaired) electrons. The van der Waals surface area contributed by atoms with Crippen LogP contribution in [0.4, 0.5) is 0 Å². The summed E-state index contributed by atoms with van der Waals surface area (Å²) in [5.74, 6) is 0. The smallest absolute Gasteiger partial charge is 0.246 e. The first-order valence-corrected chi connectivity index (χ1v) is 9.19. The van der Waals surface area contributed by atoms with E-state index in [0.29, 0.717) is 31.8 Å². The Morgan fingerprint density at radius 1 is 1.50 bits per heavy atom. The highest BCUT2D eigenvalue weighted by Crippen LogP contribution is 2.37. The molecule has 7 nitrogen and oxygen atoms in total. The van der Waals surface area contributed by atoms with E-state index < -0.39 is 21.7 Å². The van der Waals surface area contributed by atoms with Crippen LogP contribution in [-0.4, -0.2) is 59.0 Å². The van der Waals surface area contributed by atoms with Crippen LogP contribution < -0.4 is 0 Å². The summed E-state index contributed by atoms with van der Waals surface area (Å²) in [6.07, 6.45) is 2.88. The van der Waals surface area contributed by atoms with Crippen LogP contribution in [0, 0.1) is 6.92 Å². The molecule has 1 aromatic heterocycles. The summed E-state index contributed by atoms with van der Waals surface area (Å²) < 4.78 is 34.3. The molecule has 0 unspecified atom stereocenters. The quantitative estimate of drug-likeness (QED) is 0.874. The van der Waals surface area contributed by atoms with Gasteiger partial charge < -0.3 is 9.84 Å². The number of aryl methyl sites for hydroxylation is 1. The van der Waals surface area contributed by atoms with Crippen molar-refractivity contribution in [3.63, 3.8) is 0 Å². The Morgan fingerprint density at radius 2 is 2.27 bits per heavy atom. The van der Waals surface area contributed by atoms with E-state index in [1.165, 1.54) is 10.5 Å². The van der Waals surface area contributed by atoms with Crippen LogP contribution in [0.15, 0.2) is 11.1 Å². The lowest BCUT2D eigenvalue weighted by molar-refractivity contribution is -0.117. The summed E-state index contributed by atoms with van der Waals surface area (Å²) >= 11 is 0. The summed E-state index contributed by atoms with van der Waals surface area (Å²) in [7, 11) is -3.63. The average Bonchev–Trinajstić information content (AvgIpc) is 3.09. The highest BCUT2D eigenvalue weighted by molar-refractivity contribution is 7.89. The number of aliphatic hydroxyl groups is 1. The van der Waals surface area contributed by atoms with Gasteiger partial charge in [0, 0.05) is 26.2 Å².